The summed E-state index contributed by atoms with van der Waals surface area (Å²) in [5.74, 6) is 1.79. The Hall–Kier alpha value is -0.960. The maximum Gasteiger partial charge on any atom is 0.134 e. The highest BCUT2D eigenvalue weighted by Crippen LogP contribution is 2.29. The van der Waals surface area contributed by atoms with Crippen molar-refractivity contribution in [3.05, 3.63) is 46.1 Å². The van der Waals surface area contributed by atoms with Gasteiger partial charge in [-0.1, -0.05) is 30.1 Å². The van der Waals surface area contributed by atoms with Crippen molar-refractivity contribution in [2.75, 3.05) is 6.54 Å². The van der Waals surface area contributed by atoms with Gasteiger partial charge in [0, 0.05) is 18.0 Å². The van der Waals surface area contributed by atoms with Crippen molar-refractivity contribution in [2.24, 2.45) is 0 Å². The lowest BCUT2D eigenvalue weighted by Crippen LogP contribution is -2.28. The van der Waals surface area contributed by atoms with E-state index >= 15 is 0 Å². The summed E-state index contributed by atoms with van der Waals surface area (Å²) in [6.07, 6.45) is 2.01. The lowest BCUT2D eigenvalue weighted by Gasteiger charge is -2.10. The Bertz CT molecular complexity index is 565. The van der Waals surface area contributed by atoms with Gasteiger partial charge in [0.15, 0.2) is 0 Å². The highest BCUT2D eigenvalue weighted by molar-refractivity contribution is 6.42. The molecule has 0 aliphatic heterocycles. The number of furan rings is 1. The van der Waals surface area contributed by atoms with E-state index in [9.17, 15) is 0 Å². The summed E-state index contributed by atoms with van der Waals surface area (Å²) in [6.45, 7) is 5.35. The van der Waals surface area contributed by atoms with E-state index in [2.05, 4.69) is 19.2 Å². The molecule has 0 bridgehead atoms. The summed E-state index contributed by atoms with van der Waals surface area (Å²) in [4.78, 5) is 0. The summed E-state index contributed by atoms with van der Waals surface area (Å²) in [6, 6.07) is 9.92. The van der Waals surface area contributed by atoms with Crippen LogP contribution < -0.4 is 5.32 Å². The minimum Gasteiger partial charge on any atom is -0.461 e. The molecule has 1 unspecified atom stereocenters. The van der Waals surface area contributed by atoms with Crippen molar-refractivity contribution >= 4 is 23.2 Å². The predicted octanol–water partition coefficient (Wildman–Crippen LogP) is 5.18. The fraction of sp³-hybridized carbons (Fsp3) is 0.375. The van der Waals surface area contributed by atoms with Crippen LogP contribution in [0.4, 0.5) is 0 Å². The molecule has 2 rings (SSSR count). The topological polar surface area (TPSA) is 25.2 Å². The average molecular weight is 312 g/mol. The summed E-state index contributed by atoms with van der Waals surface area (Å²) >= 11 is 11.9. The number of nitrogens with one attached hydrogen (secondary N) is 1. The number of halogens is 2. The van der Waals surface area contributed by atoms with E-state index in [1.807, 2.05) is 24.3 Å². The molecule has 0 aliphatic carbocycles. The van der Waals surface area contributed by atoms with E-state index in [-0.39, 0.29) is 0 Å². The van der Waals surface area contributed by atoms with Crippen LogP contribution in [-0.2, 0) is 6.42 Å². The van der Waals surface area contributed by atoms with Crippen molar-refractivity contribution in [1.29, 1.82) is 0 Å². The second-order valence-electron chi connectivity index (χ2n) is 4.95. The van der Waals surface area contributed by atoms with Crippen molar-refractivity contribution in [1.82, 2.24) is 5.32 Å². The van der Waals surface area contributed by atoms with Gasteiger partial charge in [0.25, 0.3) is 0 Å². The first-order valence-electron chi connectivity index (χ1n) is 6.87. The van der Waals surface area contributed by atoms with E-state index in [0.717, 1.165) is 36.5 Å². The van der Waals surface area contributed by atoms with Crippen LogP contribution in [0, 0.1) is 0 Å². The third-order valence-electron chi connectivity index (χ3n) is 3.12. The van der Waals surface area contributed by atoms with Crippen LogP contribution in [-0.4, -0.2) is 12.6 Å². The smallest absolute Gasteiger partial charge is 0.134 e. The van der Waals surface area contributed by atoms with Crippen LogP contribution in [0.2, 0.25) is 10.0 Å². The Morgan fingerprint density at radius 3 is 2.65 bits per heavy atom. The number of hydrogen-bond acceptors (Lipinski definition) is 2. The molecule has 2 nitrogen and oxygen atoms in total. The molecule has 1 heterocycles. The number of benzene rings is 1. The monoisotopic (exact) mass is 311 g/mol. The molecule has 2 aromatic rings. The van der Waals surface area contributed by atoms with E-state index < -0.39 is 0 Å². The van der Waals surface area contributed by atoms with Gasteiger partial charge in [-0.05, 0) is 50.2 Å². The summed E-state index contributed by atoms with van der Waals surface area (Å²) in [5, 5.41) is 4.54. The van der Waals surface area contributed by atoms with E-state index in [1.165, 1.54) is 0 Å². The zero-order chi connectivity index (χ0) is 14.5. The van der Waals surface area contributed by atoms with Gasteiger partial charge in [-0.3, -0.25) is 0 Å². The maximum absolute atomic E-state index is 6.03. The summed E-state index contributed by atoms with van der Waals surface area (Å²) < 4.78 is 5.87. The van der Waals surface area contributed by atoms with Gasteiger partial charge in [-0.2, -0.15) is 0 Å². The SMILES string of the molecule is CCCNC(C)Cc1ccc(-c2ccc(Cl)c(Cl)c2)o1. The van der Waals surface area contributed by atoms with E-state index in [0.29, 0.717) is 16.1 Å². The molecule has 0 saturated heterocycles. The maximum atomic E-state index is 6.03. The highest BCUT2D eigenvalue weighted by atomic mass is 35.5. The second-order valence-corrected chi connectivity index (χ2v) is 5.77. The third-order valence-corrected chi connectivity index (χ3v) is 3.85. The van der Waals surface area contributed by atoms with Gasteiger partial charge in [0.2, 0.25) is 0 Å². The van der Waals surface area contributed by atoms with Crippen molar-refractivity contribution in [3.63, 3.8) is 0 Å². The molecule has 4 heteroatoms. The molecule has 108 valence electrons. The Morgan fingerprint density at radius 1 is 1.15 bits per heavy atom. The van der Waals surface area contributed by atoms with Gasteiger partial charge >= 0.3 is 0 Å². The van der Waals surface area contributed by atoms with Crippen LogP contribution in [0.15, 0.2) is 34.7 Å². The molecule has 0 fully saturated rings. The van der Waals surface area contributed by atoms with Gasteiger partial charge in [0.05, 0.1) is 10.0 Å². The van der Waals surface area contributed by atoms with Gasteiger partial charge in [-0.15, -0.1) is 0 Å². The molecule has 20 heavy (non-hydrogen) atoms. The fourth-order valence-electron chi connectivity index (χ4n) is 2.06. The molecule has 1 aromatic carbocycles. The van der Waals surface area contributed by atoms with Crippen LogP contribution in [0.3, 0.4) is 0 Å². The van der Waals surface area contributed by atoms with Gasteiger partial charge in [-0.25, -0.2) is 0 Å². The summed E-state index contributed by atoms with van der Waals surface area (Å²) in [7, 11) is 0. The Balaban J connectivity index is 2.06. The van der Waals surface area contributed by atoms with E-state index in [4.69, 9.17) is 27.6 Å². The van der Waals surface area contributed by atoms with Gasteiger partial charge in [0.1, 0.15) is 11.5 Å². The lowest BCUT2D eigenvalue weighted by atomic mass is 10.2. The quantitative estimate of drug-likeness (QED) is 0.794. The highest BCUT2D eigenvalue weighted by Gasteiger charge is 2.09. The first kappa shape index (κ1) is 15.4. The van der Waals surface area contributed by atoms with Crippen LogP contribution in [0.5, 0.6) is 0 Å². The molecule has 0 aliphatic rings. The van der Waals surface area contributed by atoms with Crippen molar-refractivity contribution in [3.8, 4) is 11.3 Å². The molecule has 0 spiro atoms. The molecule has 0 saturated carbocycles. The third kappa shape index (κ3) is 4.02. The minimum absolute atomic E-state index is 0.405. The van der Waals surface area contributed by atoms with Crippen LogP contribution in [0.25, 0.3) is 11.3 Å². The Labute approximate surface area is 130 Å². The Morgan fingerprint density at radius 2 is 1.95 bits per heavy atom. The normalized spacial score (nSPS) is 12.6. The minimum atomic E-state index is 0.405. The first-order chi connectivity index (χ1) is 9.60. The van der Waals surface area contributed by atoms with Crippen LogP contribution >= 0.6 is 23.2 Å². The Kier molecular flexibility index (Phi) is 5.53. The molecular formula is C16H19Cl2NO. The van der Waals surface area contributed by atoms with Crippen molar-refractivity contribution in [2.45, 2.75) is 32.7 Å². The molecule has 0 amide bonds. The number of rotatable bonds is 6. The van der Waals surface area contributed by atoms with Crippen LogP contribution in [0.1, 0.15) is 26.0 Å². The summed E-state index contributed by atoms with van der Waals surface area (Å²) in [5.41, 5.74) is 0.944. The predicted molar refractivity (Wildman–Crippen MR) is 85.6 cm³/mol. The van der Waals surface area contributed by atoms with E-state index in [1.54, 1.807) is 6.07 Å². The zero-order valence-corrected chi connectivity index (χ0v) is 13.3. The zero-order valence-electron chi connectivity index (χ0n) is 11.7. The first-order valence-corrected chi connectivity index (χ1v) is 7.63. The fourth-order valence-corrected chi connectivity index (χ4v) is 2.35. The molecule has 1 N–H and O–H groups in total. The molecular weight excluding hydrogens is 293 g/mol. The average Bonchev–Trinajstić information content (AvgIpc) is 2.88. The van der Waals surface area contributed by atoms with Crippen molar-refractivity contribution < 1.29 is 4.42 Å². The second kappa shape index (κ2) is 7.16. The molecule has 1 aromatic heterocycles. The number of hydrogen-bond donors (Lipinski definition) is 1. The standard InChI is InChI=1S/C16H19Cl2NO/c1-3-8-19-11(2)9-13-5-7-16(20-13)12-4-6-14(17)15(18)10-12/h4-7,10-11,19H,3,8-9H2,1-2H3. The molecule has 0 radical (unpaired) electrons. The molecule has 1 atom stereocenters. The van der Waals surface area contributed by atoms with Gasteiger partial charge < -0.3 is 9.73 Å². The lowest BCUT2D eigenvalue weighted by molar-refractivity contribution is 0.464. The largest absolute Gasteiger partial charge is 0.461 e.